The van der Waals surface area contributed by atoms with Crippen LogP contribution in [0.2, 0.25) is 0 Å². The molecule has 7 heteroatoms. The Morgan fingerprint density at radius 2 is 1.14 bits per heavy atom. The fourth-order valence-corrected chi connectivity index (χ4v) is 6.25. The number of hydrogen-bond acceptors (Lipinski definition) is 5. The summed E-state index contributed by atoms with van der Waals surface area (Å²) in [4.78, 5) is 2.31. The first-order chi connectivity index (χ1) is 10.1. The fourth-order valence-electron chi connectivity index (χ4n) is 2.68. The zero-order valence-corrected chi connectivity index (χ0v) is 16.1. The van der Waals surface area contributed by atoms with E-state index in [4.69, 9.17) is 17.7 Å². The van der Waals surface area contributed by atoms with Crippen molar-refractivity contribution < 1.29 is 17.7 Å². The lowest BCUT2D eigenvalue weighted by Gasteiger charge is -2.40. The molecular formula is C14H27NO4Si2. The molecule has 2 atom stereocenters. The number of nitrogens with zero attached hydrogens (tertiary/aromatic N) is 1. The van der Waals surface area contributed by atoms with Gasteiger partial charge in [0.1, 0.15) is 0 Å². The Kier molecular flexibility index (Phi) is 8.16. The van der Waals surface area contributed by atoms with E-state index < -0.39 is 18.6 Å². The van der Waals surface area contributed by atoms with Crippen LogP contribution in [0.3, 0.4) is 0 Å². The topological polar surface area (TPSA) is 40.2 Å². The molecule has 0 aliphatic rings. The van der Waals surface area contributed by atoms with Gasteiger partial charge in [-0.2, -0.15) is 0 Å². The third-order valence-electron chi connectivity index (χ3n) is 3.65. The summed E-state index contributed by atoms with van der Waals surface area (Å²) < 4.78 is 22.3. The molecule has 21 heavy (non-hydrogen) atoms. The Morgan fingerprint density at radius 3 is 1.48 bits per heavy atom. The van der Waals surface area contributed by atoms with Gasteiger partial charge in [-0.1, -0.05) is 18.2 Å². The Morgan fingerprint density at radius 1 is 0.762 bits per heavy atom. The molecule has 0 radical (unpaired) electrons. The highest BCUT2D eigenvalue weighted by Crippen LogP contribution is 2.23. The first kappa shape index (κ1) is 18.3. The van der Waals surface area contributed by atoms with E-state index in [-0.39, 0.29) is 11.3 Å². The summed E-state index contributed by atoms with van der Waals surface area (Å²) in [6.45, 7) is 4.29. The molecule has 0 amide bonds. The molecule has 1 aromatic rings. The van der Waals surface area contributed by atoms with Gasteiger partial charge in [-0.3, -0.25) is 0 Å². The summed E-state index contributed by atoms with van der Waals surface area (Å²) in [5, 5.41) is 0. The molecule has 0 aromatic heterocycles. The van der Waals surface area contributed by atoms with Gasteiger partial charge >= 0.3 is 18.6 Å². The van der Waals surface area contributed by atoms with Crippen molar-refractivity contribution >= 4 is 24.3 Å². The first-order valence-electron chi connectivity index (χ1n) is 7.05. The largest absolute Gasteiger partial charge is 0.399 e. The van der Waals surface area contributed by atoms with Crippen LogP contribution in [0.4, 0.5) is 5.69 Å². The highest BCUT2D eigenvalue weighted by atomic mass is 28.3. The lowest BCUT2D eigenvalue weighted by Crippen LogP contribution is -2.56. The molecule has 0 bridgehead atoms. The third kappa shape index (κ3) is 4.63. The monoisotopic (exact) mass is 329 g/mol. The van der Waals surface area contributed by atoms with E-state index in [2.05, 4.69) is 30.9 Å². The Labute approximate surface area is 131 Å². The van der Waals surface area contributed by atoms with Gasteiger partial charge in [0.25, 0.3) is 0 Å². The summed E-state index contributed by atoms with van der Waals surface area (Å²) in [6, 6.07) is 10.3. The molecule has 1 aromatic carbocycles. The Hall–Kier alpha value is -0.706. The normalized spacial score (nSPS) is 14.5. The molecule has 120 valence electrons. The molecule has 0 saturated heterocycles. The van der Waals surface area contributed by atoms with Crippen molar-refractivity contribution in [2.24, 2.45) is 0 Å². The van der Waals surface area contributed by atoms with E-state index in [1.807, 2.05) is 18.2 Å². The van der Waals surface area contributed by atoms with E-state index in [0.29, 0.717) is 0 Å². The van der Waals surface area contributed by atoms with Crippen LogP contribution in [0.15, 0.2) is 30.3 Å². The van der Waals surface area contributed by atoms with Crippen LogP contribution in [0.5, 0.6) is 0 Å². The minimum atomic E-state index is -1.80. The van der Waals surface area contributed by atoms with Gasteiger partial charge in [-0.15, -0.1) is 0 Å². The van der Waals surface area contributed by atoms with Crippen molar-refractivity contribution in [1.29, 1.82) is 0 Å². The van der Waals surface area contributed by atoms with Gasteiger partial charge in [0, 0.05) is 34.1 Å². The Bertz CT molecular complexity index is 370. The van der Waals surface area contributed by atoms with Crippen LogP contribution in [-0.2, 0) is 17.7 Å². The molecule has 5 nitrogen and oxygen atoms in total. The van der Waals surface area contributed by atoms with Gasteiger partial charge in [0.15, 0.2) is 0 Å². The SMILES string of the molecule is CO[SiH](OC)C(C)N(c1ccccc1)C(C)[SiH](OC)OC. The highest BCUT2D eigenvalue weighted by molar-refractivity contribution is 6.50. The molecule has 0 aliphatic heterocycles. The second-order valence-electron chi connectivity index (χ2n) is 4.90. The van der Waals surface area contributed by atoms with Crippen LogP contribution in [0, 0.1) is 0 Å². The molecule has 2 unspecified atom stereocenters. The summed E-state index contributed by atoms with van der Waals surface area (Å²) in [6.07, 6.45) is 0. The zero-order chi connectivity index (χ0) is 15.8. The van der Waals surface area contributed by atoms with Gasteiger partial charge in [-0.25, -0.2) is 0 Å². The maximum absolute atomic E-state index is 5.57. The zero-order valence-electron chi connectivity index (χ0n) is 13.8. The predicted molar refractivity (Wildman–Crippen MR) is 90.2 cm³/mol. The smallest absolute Gasteiger partial charge is 0.343 e. The average molecular weight is 330 g/mol. The van der Waals surface area contributed by atoms with Gasteiger partial charge in [-0.05, 0) is 26.0 Å². The van der Waals surface area contributed by atoms with E-state index in [1.165, 1.54) is 0 Å². The van der Waals surface area contributed by atoms with Crippen LogP contribution >= 0.6 is 0 Å². The number of anilines is 1. The summed E-state index contributed by atoms with van der Waals surface area (Å²) in [5.41, 5.74) is 1.46. The van der Waals surface area contributed by atoms with Crippen LogP contribution in [0.25, 0.3) is 0 Å². The predicted octanol–water partition coefficient (Wildman–Crippen LogP) is 1.37. The molecule has 1 rings (SSSR count). The van der Waals surface area contributed by atoms with E-state index in [9.17, 15) is 0 Å². The lowest BCUT2D eigenvalue weighted by atomic mass is 10.3. The van der Waals surface area contributed by atoms with Crippen molar-refractivity contribution in [2.45, 2.75) is 25.2 Å². The van der Waals surface area contributed by atoms with Crippen molar-refractivity contribution in [2.75, 3.05) is 33.3 Å². The van der Waals surface area contributed by atoms with E-state index >= 15 is 0 Å². The maximum atomic E-state index is 5.57. The first-order valence-corrected chi connectivity index (χ1v) is 10.3. The van der Waals surface area contributed by atoms with Crippen LogP contribution < -0.4 is 4.90 Å². The molecule has 0 heterocycles. The van der Waals surface area contributed by atoms with Crippen molar-refractivity contribution in [1.82, 2.24) is 0 Å². The van der Waals surface area contributed by atoms with Gasteiger partial charge in [0.2, 0.25) is 0 Å². The molecule has 0 spiro atoms. The van der Waals surface area contributed by atoms with Gasteiger partial charge < -0.3 is 22.6 Å². The van der Waals surface area contributed by atoms with E-state index in [1.54, 1.807) is 28.4 Å². The summed E-state index contributed by atoms with van der Waals surface area (Å²) in [5.74, 6) is 0. The average Bonchev–Trinajstić information content (AvgIpc) is 2.51. The highest BCUT2D eigenvalue weighted by Gasteiger charge is 2.35. The number of para-hydroxylation sites is 1. The summed E-state index contributed by atoms with van der Waals surface area (Å²) in [7, 11) is 3.27. The molecular weight excluding hydrogens is 302 g/mol. The van der Waals surface area contributed by atoms with Crippen LogP contribution in [-0.4, -0.2) is 58.3 Å². The second kappa shape index (κ2) is 9.34. The summed E-state index contributed by atoms with van der Waals surface area (Å²) >= 11 is 0. The quantitative estimate of drug-likeness (QED) is 0.640. The minimum Gasteiger partial charge on any atom is -0.399 e. The second-order valence-corrected chi connectivity index (χ2v) is 10.2. The van der Waals surface area contributed by atoms with Crippen LogP contribution in [0.1, 0.15) is 13.8 Å². The lowest BCUT2D eigenvalue weighted by molar-refractivity contribution is 0.254. The molecule has 0 saturated carbocycles. The van der Waals surface area contributed by atoms with Crippen molar-refractivity contribution in [3.63, 3.8) is 0 Å². The maximum Gasteiger partial charge on any atom is 0.343 e. The Balaban J connectivity index is 3.11. The van der Waals surface area contributed by atoms with Crippen molar-refractivity contribution in [3.05, 3.63) is 30.3 Å². The number of benzene rings is 1. The molecule has 0 N–H and O–H groups in total. The van der Waals surface area contributed by atoms with E-state index in [0.717, 1.165) is 5.69 Å². The number of hydrogen-bond donors (Lipinski definition) is 0. The van der Waals surface area contributed by atoms with Crippen molar-refractivity contribution in [3.8, 4) is 0 Å². The standard InChI is InChI=1S/C14H27NO4Si2/c1-12(20(16-3)17-4)15(13(2)21(18-5)19-6)14-10-8-7-9-11-14/h7-13,20-21H,1-6H3. The molecule has 0 fully saturated rings. The number of rotatable bonds is 9. The third-order valence-corrected chi connectivity index (χ3v) is 7.73. The minimum absolute atomic E-state index is 0.165. The molecule has 0 aliphatic carbocycles. The fraction of sp³-hybridized carbons (Fsp3) is 0.571. The van der Waals surface area contributed by atoms with Gasteiger partial charge in [0.05, 0.1) is 11.3 Å².